The lowest BCUT2D eigenvalue weighted by Gasteiger charge is -2.13. The van der Waals surface area contributed by atoms with E-state index < -0.39 is 28.3 Å². The fraction of sp³-hybridized carbons (Fsp3) is 0.286. The quantitative estimate of drug-likeness (QED) is 0.601. The average molecular weight is 265 g/mol. The molecule has 0 radical (unpaired) electrons. The van der Waals surface area contributed by atoms with Gasteiger partial charge >= 0.3 is 5.70 Å². The second kappa shape index (κ2) is 3.87. The molecule has 14 heavy (non-hydrogen) atoms. The number of carbonyl (C=O) groups excluding carboxylic acids is 1. The summed E-state index contributed by atoms with van der Waals surface area (Å²) in [5.41, 5.74) is 4.25. The summed E-state index contributed by atoms with van der Waals surface area (Å²) in [6.07, 6.45) is 0.959. The van der Waals surface area contributed by atoms with Crippen LogP contribution in [-0.2, 0) is 4.79 Å². The summed E-state index contributed by atoms with van der Waals surface area (Å²) >= 11 is 2.82. The molecule has 1 atom stereocenters. The van der Waals surface area contributed by atoms with Crippen molar-refractivity contribution >= 4 is 21.8 Å². The number of allylic oxidation sites excluding steroid dienone is 2. The molecule has 0 saturated carbocycles. The van der Waals surface area contributed by atoms with E-state index in [0.29, 0.717) is 0 Å². The molecule has 0 aromatic carbocycles. The summed E-state index contributed by atoms with van der Waals surface area (Å²) in [6.45, 7) is 0. The molecule has 76 valence electrons. The lowest BCUT2D eigenvalue weighted by molar-refractivity contribution is -0.423. The largest absolute Gasteiger partial charge is 0.369 e. The van der Waals surface area contributed by atoms with Gasteiger partial charge in [-0.05, 0) is 6.42 Å². The first kappa shape index (κ1) is 10.8. The highest BCUT2D eigenvalue weighted by molar-refractivity contribution is 9.11. The SMILES string of the molecule is NC(=O)C1C=C([N+](=O)[O-])C(F)=C(Br)C1. The first-order valence-corrected chi connectivity index (χ1v) is 4.43. The Balaban J connectivity index is 3.09. The number of hydrogen-bond acceptors (Lipinski definition) is 3. The summed E-state index contributed by atoms with van der Waals surface area (Å²) in [6, 6.07) is 0. The van der Waals surface area contributed by atoms with Crippen LogP contribution in [-0.4, -0.2) is 10.8 Å². The Morgan fingerprint density at radius 2 is 2.36 bits per heavy atom. The van der Waals surface area contributed by atoms with Crippen molar-refractivity contribution in [1.82, 2.24) is 0 Å². The number of nitrogens with two attached hydrogens (primary N) is 1. The minimum Gasteiger partial charge on any atom is -0.369 e. The number of halogens is 2. The number of primary amides is 1. The number of rotatable bonds is 2. The zero-order valence-corrected chi connectivity index (χ0v) is 8.45. The minimum absolute atomic E-state index is 0.00417. The molecule has 0 spiro atoms. The summed E-state index contributed by atoms with van der Waals surface area (Å²) in [5.74, 6) is -2.49. The number of amides is 1. The predicted molar refractivity (Wildman–Crippen MR) is 49.4 cm³/mol. The molecule has 1 rings (SSSR count). The standard InChI is InChI=1S/C7H6BrFN2O3/c8-4-1-3(7(10)12)2-5(6(4)9)11(13)14/h2-3H,1H2,(H2,10,12). The van der Waals surface area contributed by atoms with Crippen LogP contribution < -0.4 is 5.73 Å². The van der Waals surface area contributed by atoms with Crippen LogP contribution >= 0.6 is 15.9 Å². The average Bonchev–Trinajstić information content (AvgIpc) is 2.08. The second-order valence-electron chi connectivity index (χ2n) is 2.74. The molecule has 0 aromatic rings. The summed E-state index contributed by atoms with van der Waals surface area (Å²) in [5, 5.41) is 10.4. The molecule has 0 heterocycles. The van der Waals surface area contributed by atoms with Crippen molar-refractivity contribution in [2.75, 3.05) is 0 Å². The maximum Gasteiger partial charge on any atom is 0.302 e. The first-order chi connectivity index (χ1) is 6.43. The highest BCUT2D eigenvalue weighted by Gasteiger charge is 2.31. The maximum absolute atomic E-state index is 13.1. The van der Waals surface area contributed by atoms with Crippen LogP contribution in [0.5, 0.6) is 0 Å². The Labute approximate surface area is 86.7 Å². The fourth-order valence-corrected chi connectivity index (χ4v) is 1.62. The van der Waals surface area contributed by atoms with Gasteiger partial charge < -0.3 is 5.73 Å². The van der Waals surface area contributed by atoms with Crippen molar-refractivity contribution in [2.45, 2.75) is 6.42 Å². The molecule has 0 bridgehead atoms. The fourth-order valence-electron chi connectivity index (χ4n) is 1.07. The third-order valence-corrected chi connectivity index (χ3v) is 2.46. The molecule has 2 N–H and O–H groups in total. The van der Waals surface area contributed by atoms with E-state index in [1.165, 1.54) is 0 Å². The maximum atomic E-state index is 13.1. The Morgan fingerprint density at radius 3 is 2.79 bits per heavy atom. The van der Waals surface area contributed by atoms with Gasteiger partial charge in [-0.15, -0.1) is 0 Å². The number of nitrogens with zero attached hydrogens (tertiary/aromatic N) is 1. The third-order valence-electron chi connectivity index (χ3n) is 1.78. The van der Waals surface area contributed by atoms with Gasteiger partial charge in [-0.2, -0.15) is 4.39 Å². The van der Waals surface area contributed by atoms with E-state index in [1.807, 2.05) is 0 Å². The van der Waals surface area contributed by atoms with Gasteiger partial charge in [0.15, 0.2) is 0 Å². The molecule has 0 aliphatic heterocycles. The number of nitro groups is 1. The van der Waals surface area contributed by atoms with E-state index in [0.717, 1.165) is 6.08 Å². The molecule has 1 aliphatic carbocycles. The van der Waals surface area contributed by atoms with Crippen molar-refractivity contribution in [3.8, 4) is 0 Å². The number of carbonyl (C=O) groups is 1. The normalized spacial score (nSPS) is 21.9. The van der Waals surface area contributed by atoms with Crippen LogP contribution in [0, 0.1) is 16.0 Å². The van der Waals surface area contributed by atoms with Gasteiger partial charge in [0.2, 0.25) is 11.7 Å². The summed E-state index contributed by atoms with van der Waals surface area (Å²) in [7, 11) is 0. The summed E-state index contributed by atoms with van der Waals surface area (Å²) in [4.78, 5) is 20.2. The van der Waals surface area contributed by atoms with Crippen LogP contribution in [0.15, 0.2) is 22.1 Å². The van der Waals surface area contributed by atoms with E-state index in [4.69, 9.17) is 5.73 Å². The molecule has 7 heteroatoms. The summed E-state index contributed by atoms with van der Waals surface area (Å²) < 4.78 is 13.1. The molecule has 1 amide bonds. The molecule has 0 saturated heterocycles. The molecule has 0 aromatic heterocycles. The minimum atomic E-state index is -0.951. The Bertz CT molecular complexity index is 364. The Hall–Kier alpha value is -1.24. The lowest BCUT2D eigenvalue weighted by atomic mass is 9.98. The van der Waals surface area contributed by atoms with E-state index in [1.54, 1.807) is 0 Å². The molecule has 0 fully saturated rings. The van der Waals surface area contributed by atoms with Crippen molar-refractivity contribution in [1.29, 1.82) is 0 Å². The smallest absolute Gasteiger partial charge is 0.302 e. The topological polar surface area (TPSA) is 86.2 Å². The van der Waals surface area contributed by atoms with Crippen LogP contribution in [0.2, 0.25) is 0 Å². The number of hydrogen-bond donors (Lipinski definition) is 1. The highest BCUT2D eigenvalue weighted by Crippen LogP contribution is 2.33. The second-order valence-corrected chi connectivity index (χ2v) is 3.70. The van der Waals surface area contributed by atoms with Crippen molar-refractivity contribution in [3.05, 3.63) is 32.2 Å². The lowest BCUT2D eigenvalue weighted by Crippen LogP contribution is -2.25. The molecule has 1 aliphatic rings. The van der Waals surface area contributed by atoms with Crippen molar-refractivity contribution in [2.24, 2.45) is 11.7 Å². The highest BCUT2D eigenvalue weighted by atomic mass is 79.9. The van der Waals surface area contributed by atoms with Gasteiger partial charge in [0, 0.05) is 10.6 Å². The van der Waals surface area contributed by atoms with Crippen LogP contribution in [0.25, 0.3) is 0 Å². The Kier molecular flexibility index (Phi) is 3.00. The van der Waals surface area contributed by atoms with E-state index in [9.17, 15) is 19.3 Å². The van der Waals surface area contributed by atoms with Gasteiger partial charge in [-0.3, -0.25) is 14.9 Å². The van der Waals surface area contributed by atoms with Crippen LogP contribution in [0.1, 0.15) is 6.42 Å². The predicted octanol–water partition coefficient (Wildman–Crippen LogP) is 1.23. The molecular weight excluding hydrogens is 259 g/mol. The zero-order chi connectivity index (χ0) is 10.9. The van der Waals surface area contributed by atoms with Gasteiger partial charge in [0.25, 0.3) is 0 Å². The van der Waals surface area contributed by atoms with Gasteiger partial charge in [0.05, 0.1) is 10.8 Å². The Morgan fingerprint density at radius 1 is 1.79 bits per heavy atom. The molecule has 5 nitrogen and oxygen atoms in total. The zero-order valence-electron chi connectivity index (χ0n) is 6.87. The van der Waals surface area contributed by atoms with Crippen LogP contribution in [0.3, 0.4) is 0 Å². The monoisotopic (exact) mass is 264 g/mol. The van der Waals surface area contributed by atoms with Gasteiger partial charge in [-0.25, -0.2) is 0 Å². The van der Waals surface area contributed by atoms with Gasteiger partial charge in [-0.1, -0.05) is 15.9 Å². The first-order valence-electron chi connectivity index (χ1n) is 3.63. The van der Waals surface area contributed by atoms with E-state index in [2.05, 4.69) is 15.9 Å². The van der Waals surface area contributed by atoms with Crippen molar-refractivity contribution < 1.29 is 14.1 Å². The van der Waals surface area contributed by atoms with Crippen LogP contribution in [0.4, 0.5) is 4.39 Å². The third kappa shape index (κ3) is 1.98. The van der Waals surface area contributed by atoms with Crippen molar-refractivity contribution in [3.63, 3.8) is 0 Å². The molecular formula is C7H6BrFN2O3. The van der Waals surface area contributed by atoms with Gasteiger partial charge in [0.1, 0.15) is 0 Å². The molecule has 1 unspecified atom stereocenters. The van der Waals surface area contributed by atoms with E-state index in [-0.39, 0.29) is 10.9 Å². The van der Waals surface area contributed by atoms with E-state index >= 15 is 0 Å².